The summed E-state index contributed by atoms with van der Waals surface area (Å²) >= 11 is 0. The lowest BCUT2D eigenvalue weighted by molar-refractivity contribution is -0.141. The fourth-order valence-electron chi connectivity index (χ4n) is 4.15. The maximum absolute atomic E-state index is 13.7. The molecule has 0 aliphatic heterocycles. The molecule has 178 valence electrons. The minimum Gasteiger partial charge on any atom is -0.469 e. The van der Waals surface area contributed by atoms with E-state index in [-0.39, 0.29) is 12.3 Å². The summed E-state index contributed by atoms with van der Waals surface area (Å²) in [5.74, 6) is -0.369. The Bertz CT molecular complexity index is 1400. The van der Waals surface area contributed by atoms with Crippen LogP contribution in [0.3, 0.4) is 0 Å². The van der Waals surface area contributed by atoms with Gasteiger partial charge in [-0.2, -0.15) is 9.78 Å². The lowest BCUT2D eigenvalue weighted by Crippen LogP contribution is -2.31. The van der Waals surface area contributed by atoms with Crippen LogP contribution in [0.2, 0.25) is 0 Å². The Balaban J connectivity index is 1.58. The standard InChI is InChI=1S/C26H24FN5O3/c1-15-24-19(26(34)30-21(14-23(33)35-2)17-8-10-18(27)11-9-17)13-20(16-6-7-16)29-25(24)32(31-15)22-5-3-4-12-28-22/h3-5,8-13,16,21H,6-7,14H2,1-2H3,(H,30,34). The van der Waals surface area contributed by atoms with Crippen LogP contribution in [0.25, 0.3) is 16.9 Å². The molecule has 1 aliphatic carbocycles. The quantitative estimate of drug-likeness (QED) is 0.405. The number of esters is 1. The Hall–Kier alpha value is -4.14. The number of fused-ring (bicyclic) bond motifs is 1. The fraction of sp³-hybridized carbons (Fsp3) is 0.269. The number of aromatic nitrogens is 4. The van der Waals surface area contributed by atoms with Crippen LogP contribution in [0.15, 0.2) is 54.7 Å². The van der Waals surface area contributed by atoms with Gasteiger partial charge in [0.2, 0.25) is 0 Å². The summed E-state index contributed by atoms with van der Waals surface area (Å²) in [5, 5.41) is 8.19. The highest BCUT2D eigenvalue weighted by Gasteiger charge is 2.30. The first kappa shape index (κ1) is 22.6. The van der Waals surface area contributed by atoms with Crippen molar-refractivity contribution in [3.63, 3.8) is 0 Å². The number of hydrogen-bond donors (Lipinski definition) is 1. The smallest absolute Gasteiger partial charge is 0.307 e. The molecule has 1 aromatic carbocycles. The molecule has 0 radical (unpaired) electrons. The van der Waals surface area contributed by atoms with Gasteiger partial charge in [-0.15, -0.1) is 0 Å². The maximum atomic E-state index is 13.7. The SMILES string of the molecule is COC(=O)CC(NC(=O)c1cc(C2CC2)nc2c1c(C)nn2-c1ccccn1)c1ccc(F)cc1. The zero-order valence-corrected chi connectivity index (χ0v) is 19.4. The highest BCUT2D eigenvalue weighted by Crippen LogP contribution is 2.40. The summed E-state index contributed by atoms with van der Waals surface area (Å²) in [6.07, 6.45) is 3.61. The van der Waals surface area contributed by atoms with E-state index in [1.54, 1.807) is 23.0 Å². The van der Waals surface area contributed by atoms with Crippen LogP contribution in [0, 0.1) is 12.7 Å². The van der Waals surface area contributed by atoms with Gasteiger partial charge in [0, 0.05) is 17.8 Å². The normalized spacial score (nSPS) is 14.0. The van der Waals surface area contributed by atoms with Crippen molar-refractivity contribution < 1.29 is 18.7 Å². The number of ether oxygens (including phenoxy) is 1. The van der Waals surface area contributed by atoms with E-state index in [2.05, 4.69) is 15.4 Å². The van der Waals surface area contributed by atoms with Crippen molar-refractivity contribution in [2.24, 2.45) is 0 Å². The minimum atomic E-state index is -0.700. The first-order valence-corrected chi connectivity index (χ1v) is 11.4. The summed E-state index contributed by atoms with van der Waals surface area (Å²) in [6, 6.07) is 12.3. The number of carbonyl (C=O) groups excluding carboxylic acids is 2. The Morgan fingerprint density at radius 1 is 1.20 bits per heavy atom. The number of pyridine rings is 2. The summed E-state index contributed by atoms with van der Waals surface area (Å²) in [4.78, 5) is 35.0. The van der Waals surface area contributed by atoms with E-state index in [9.17, 15) is 14.0 Å². The molecular formula is C26H24FN5O3. The van der Waals surface area contributed by atoms with Crippen LogP contribution >= 0.6 is 0 Å². The van der Waals surface area contributed by atoms with Crippen molar-refractivity contribution in [1.29, 1.82) is 0 Å². The molecule has 1 aliphatic rings. The van der Waals surface area contributed by atoms with Gasteiger partial charge in [0.15, 0.2) is 11.5 Å². The number of rotatable bonds is 7. The molecule has 4 aromatic rings. The molecule has 1 unspecified atom stereocenters. The van der Waals surface area contributed by atoms with Gasteiger partial charge in [0.05, 0.1) is 36.2 Å². The zero-order valence-electron chi connectivity index (χ0n) is 19.4. The first-order chi connectivity index (χ1) is 16.9. The predicted molar refractivity (Wildman–Crippen MR) is 127 cm³/mol. The molecule has 1 N–H and O–H groups in total. The summed E-state index contributed by atoms with van der Waals surface area (Å²) in [7, 11) is 1.29. The molecular weight excluding hydrogens is 449 g/mol. The van der Waals surface area contributed by atoms with Crippen LogP contribution in [0.4, 0.5) is 4.39 Å². The van der Waals surface area contributed by atoms with Crippen molar-refractivity contribution in [3.05, 3.63) is 83.1 Å². The molecule has 0 spiro atoms. The summed E-state index contributed by atoms with van der Waals surface area (Å²) < 4.78 is 20.0. The van der Waals surface area contributed by atoms with Gasteiger partial charge in [-0.25, -0.2) is 14.4 Å². The molecule has 1 fully saturated rings. The molecule has 5 rings (SSSR count). The monoisotopic (exact) mass is 473 g/mol. The second kappa shape index (κ2) is 9.25. The minimum absolute atomic E-state index is 0.0935. The van der Waals surface area contributed by atoms with Gasteiger partial charge in [0.25, 0.3) is 5.91 Å². The maximum Gasteiger partial charge on any atom is 0.307 e. The number of nitrogens with zero attached hydrogens (tertiary/aromatic N) is 4. The Morgan fingerprint density at radius 3 is 2.63 bits per heavy atom. The number of hydrogen-bond acceptors (Lipinski definition) is 6. The van der Waals surface area contributed by atoms with E-state index in [4.69, 9.17) is 9.72 Å². The van der Waals surface area contributed by atoms with Crippen LogP contribution < -0.4 is 5.32 Å². The van der Waals surface area contributed by atoms with E-state index >= 15 is 0 Å². The molecule has 8 nitrogen and oxygen atoms in total. The molecule has 3 heterocycles. The highest BCUT2D eigenvalue weighted by atomic mass is 19.1. The van der Waals surface area contributed by atoms with Crippen molar-refractivity contribution in [2.75, 3.05) is 7.11 Å². The number of halogens is 1. The summed E-state index contributed by atoms with van der Waals surface area (Å²) in [5.41, 5.74) is 3.04. The predicted octanol–water partition coefficient (Wildman–Crippen LogP) is 4.17. The molecule has 0 saturated heterocycles. The Morgan fingerprint density at radius 2 is 1.97 bits per heavy atom. The van der Waals surface area contributed by atoms with Crippen molar-refractivity contribution >= 4 is 22.9 Å². The van der Waals surface area contributed by atoms with Crippen molar-refractivity contribution in [3.8, 4) is 5.82 Å². The molecule has 3 aromatic heterocycles. The Kier molecular flexibility index (Phi) is 5.98. The molecule has 1 amide bonds. The van der Waals surface area contributed by atoms with Crippen LogP contribution in [0.5, 0.6) is 0 Å². The van der Waals surface area contributed by atoms with Gasteiger partial charge < -0.3 is 10.1 Å². The third-order valence-corrected chi connectivity index (χ3v) is 6.12. The summed E-state index contributed by atoms with van der Waals surface area (Å²) in [6.45, 7) is 1.82. The Labute approximate surface area is 201 Å². The van der Waals surface area contributed by atoms with E-state index in [0.29, 0.717) is 39.6 Å². The third kappa shape index (κ3) is 4.62. The zero-order chi connectivity index (χ0) is 24.5. The van der Waals surface area contributed by atoms with Crippen molar-refractivity contribution in [1.82, 2.24) is 25.1 Å². The molecule has 35 heavy (non-hydrogen) atoms. The van der Waals surface area contributed by atoms with Gasteiger partial charge >= 0.3 is 5.97 Å². The number of carbonyl (C=O) groups is 2. The lowest BCUT2D eigenvalue weighted by Gasteiger charge is -2.19. The second-order valence-electron chi connectivity index (χ2n) is 8.61. The molecule has 0 bridgehead atoms. The van der Waals surface area contributed by atoms with E-state index < -0.39 is 17.8 Å². The average Bonchev–Trinajstić information content (AvgIpc) is 3.67. The van der Waals surface area contributed by atoms with Crippen molar-refractivity contribution in [2.45, 2.75) is 38.1 Å². The van der Waals surface area contributed by atoms with Gasteiger partial charge in [-0.05, 0) is 55.7 Å². The van der Waals surface area contributed by atoms with E-state index in [1.165, 1.54) is 19.2 Å². The number of amides is 1. The number of nitrogens with one attached hydrogen (secondary N) is 1. The number of methoxy groups -OCH3 is 1. The number of benzene rings is 1. The molecule has 1 atom stereocenters. The topological polar surface area (TPSA) is 99.0 Å². The van der Waals surface area contributed by atoms with E-state index in [1.807, 2.05) is 31.2 Å². The first-order valence-electron chi connectivity index (χ1n) is 11.4. The largest absolute Gasteiger partial charge is 0.469 e. The molecule has 1 saturated carbocycles. The van der Waals surface area contributed by atoms with Crippen LogP contribution in [-0.2, 0) is 9.53 Å². The number of aryl methyl sites for hydroxylation is 1. The fourth-order valence-corrected chi connectivity index (χ4v) is 4.15. The second-order valence-corrected chi connectivity index (χ2v) is 8.61. The van der Waals surface area contributed by atoms with Gasteiger partial charge in [-0.3, -0.25) is 9.59 Å². The molecule has 9 heteroatoms. The van der Waals surface area contributed by atoms with Gasteiger partial charge in [0.1, 0.15) is 5.82 Å². The highest BCUT2D eigenvalue weighted by molar-refractivity contribution is 6.07. The van der Waals surface area contributed by atoms with Crippen LogP contribution in [-0.4, -0.2) is 38.7 Å². The lowest BCUT2D eigenvalue weighted by atomic mass is 10.0. The van der Waals surface area contributed by atoms with E-state index in [0.717, 1.165) is 18.5 Å². The average molecular weight is 474 g/mol. The third-order valence-electron chi connectivity index (χ3n) is 6.12. The van der Waals surface area contributed by atoms with Gasteiger partial charge in [-0.1, -0.05) is 18.2 Å². The van der Waals surface area contributed by atoms with Crippen LogP contribution in [0.1, 0.15) is 58.5 Å².